The lowest BCUT2D eigenvalue weighted by Crippen LogP contribution is -2.37. The van der Waals surface area contributed by atoms with Gasteiger partial charge in [0.1, 0.15) is 0 Å². The van der Waals surface area contributed by atoms with Crippen molar-refractivity contribution in [1.82, 2.24) is 4.90 Å². The summed E-state index contributed by atoms with van der Waals surface area (Å²) >= 11 is 1.93. The Labute approximate surface area is 125 Å². The molecule has 0 amide bonds. The number of rotatable bonds is 6. The van der Waals surface area contributed by atoms with Gasteiger partial charge < -0.3 is 5.11 Å². The average Bonchev–Trinajstić information content (AvgIpc) is 2.42. The molecule has 1 heterocycles. The van der Waals surface area contributed by atoms with Crippen LogP contribution in [0.3, 0.4) is 0 Å². The fourth-order valence-corrected chi connectivity index (χ4v) is 3.96. The maximum Gasteiger partial charge on any atom is 0.303 e. The topological polar surface area (TPSA) is 40.5 Å². The van der Waals surface area contributed by atoms with Gasteiger partial charge in [0.15, 0.2) is 0 Å². The first-order valence-electron chi connectivity index (χ1n) is 7.29. The van der Waals surface area contributed by atoms with Gasteiger partial charge in [-0.15, -0.1) is 11.8 Å². The van der Waals surface area contributed by atoms with E-state index < -0.39 is 5.97 Å². The fourth-order valence-electron chi connectivity index (χ4n) is 2.85. The number of carboxylic acids is 1. The third kappa shape index (κ3) is 3.76. The summed E-state index contributed by atoms with van der Waals surface area (Å²) in [5, 5.41) is 8.81. The summed E-state index contributed by atoms with van der Waals surface area (Å²) in [7, 11) is 0. The molecular formula is C16H23NO2S. The van der Waals surface area contributed by atoms with Crippen LogP contribution in [0.4, 0.5) is 0 Å². The maximum atomic E-state index is 10.7. The number of carboxylic acid groups (broad SMARTS) is 1. The molecular weight excluding hydrogens is 270 g/mol. The van der Waals surface area contributed by atoms with E-state index in [4.69, 9.17) is 5.11 Å². The minimum atomic E-state index is -0.701. The molecule has 2 rings (SSSR count). The molecule has 0 radical (unpaired) electrons. The number of thioether (sulfide) groups is 1. The van der Waals surface area contributed by atoms with E-state index in [9.17, 15) is 4.79 Å². The highest BCUT2D eigenvalue weighted by atomic mass is 32.2. The van der Waals surface area contributed by atoms with Crippen LogP contribution in [-0.4, -0.2) is 34.3 Å². The van der Waals surface area contributed by atoms with Crippen molar-refractivity contribution < 1.29 is 9.90 Å². The number of carbonyl (C=O) groups is 1. The van der Waals surface area contributed by atoms with E-state index in [0.29, 0.717) is 12.1 Å². The summed E-state index contributed by atoms with van der Waals surface area (Å²) in [6.07, 6.45) is 2.12. The SMILES string of the molecule is CC(C)N(CCCC(=O)O)C1CCSc2ccccc21. The summed E-state index contributed by atoms with van der Waals surface area (Å²) < 4.78 is 0. The number of aliphatic carboxylic acids is 1. The van der Waals surface area contributed by atoms with Crippen molar-refractivity contribution in [3.05, 3.63) is 29.8 Å². The molecule has 4 heteroatoms. The largest absolute Gasteiger partial charge is 0.481 e. The molecule has 0 spiro atoms. The number of fused-ring (bicyclic) bond motifs is 1. The highest BCUT2D eigenvalue weighted by molar-refractivity contribution is 7.99. The van der Waals surface area contributed by atoms with Gasteiger partial charge in [0.05, 0.1) is 0 Å². The molecule has 0 aromatic heterocycles. The van der Waals surface area contributed by atoms with E-state index in [2.05, 4.69) is 43.0 Å². The number of nitrogens with zero attached hydrogens (tertiary/aromatic N) is 1. The van der Waals surface area contributed by atoms with Gasteiger partial charge in [0.2, 0.25) is 0 Å². The zero-order chi connectivity index (χ0) is 14.5. The van der Waals surface area contributed by atoms with E-state index in [0.717, 1.165) is 25.1 Å². The van der Waals surface area contributed by atoms with Crippen molar-refractivity contribution in [3.8, 4) is 0 Å². The lowest BCUT2D eigenvalue weighted by Gasteiger charge is -2.38. The predicted molar refractivity (Wildman–Crippen MR) is 83.2 cm³/mol. The number of hydrogen-bond donors (Lipinski definition) is 1. The Morgan fingerprint density at radius 3 is 2.90 bits per heavy atom. The Hall–Kier alpha value is -1.00. The average molecular weight is 293 g/mol. The van der Waals surface area contributed by atoms with Crippen LogP contribution >= 0.6 is 11.8 Å². The van der Waals surface area contributed by atoms with E-state index in [1.807, 2.05) is 11.8 Å². The van der Waals surface area contributed by atoms with Crippen LogP contribution in [0.5, 0.6) is 0 Å². The van der Waals surface area contributed by atoms with Crippen molar-refractivity contribution in [2.75, 3.05) is 12.3 Å². The van der Waals surface area contributed by atoms with Crippen LogP contribution in [0, 0.1) is 0 Å². The van der Waals surface area contributed by atoms with Crippen LogP contribution in [0.15, 0.2) is 29.2 Å². The zero-order valence-electron chi connectivity index (χ0n) is 12.2. The molecule has 1 unspecified atom stereocenters. The molecule has 3 nitrogen and oxygen atoms in total. The van der Waals surface area contributed by atoms with Gasteiger partial charge >= 0.3 is 5.97 Å². The number of benzene rings is 1. The monoisotopic (exact) mass is 293 g/mol. The Kier molecular flexibility index (Phi) is 5.49. The molecule has 1 aromatic carbocycles. The third-order valence-electron chi connectivity index (χ3n) is 3.80. The van der Waals surface area contributed by atoms with Crippen LogP contribution in [0.2, 0.25) is 0 Å². The minimum Gasteiger partial charge on any atom is -0.481 e. The highest BCUT2D eigenvalue weighted by Crippen LogP contribution is 2.39. The first kappa shape index (κ1) is 15.4. The van der Waals surface area contributed by atoms with E-state index in [-0.39, 0.29) is 6.42 Å². The summed E-state index contributed by atoms with van der Waals surface area (Å²) in [6, 6.07) is 9.48. The first-order valence-corrected chi connectivity index (χ1v) is 8.27. The second-order valence-electron chi connectivity index (χ2n) is 5.52. The highest BCUT2D eigenvalue weighted by Gasteiger charge is 2.27. The molecule has 1 N–H and O–H groups in total. The van der Waals surface area contributed by atoms with Gasteiger partial charge in [-0.05, 0) is 50.6 Å². The summed E-state index contributed by atoms with van der Waals surface area (Å²) in [5.74, 6) is 0.442. The van der Waals surface area contributed by atoms with Crippen LogP contribution in [0.1, 0.15) is 44.7 Å². The molecule has 1 aliphatic heterocycles. The van der Waals surface area contributed by atoms with Gasteiger partial charge in [-0.3, -0.25) is 9.69 Å². The van der Waals surface area contributed by atoms with Crippen molar-refractivity contribution in [1.29, 1.82) is 0 Å². The van der Waals surface area contributed by atoms with Crippen molar-refractivity contribution >= 4 is 17.7 Å². The lowest BCUT2D eigenvalue weighted by molar-refractivity contribution is -0.137. The normalized spacial score (nSPS) is 18.3. The molecule has 0 aliphatic carbocycles. The minimum absolute atomic E-state index is 0.256. The van der Waals surface area contributed by atoms with Gasteiger partial charge in [-0.1, -0.05) is 18.2 Å². The molecule has 0 saturated heterocycles. The van der Waals surface area contributed by atoms with Crippen molar-refractivity contribution in [3.63, 3.8) is 0 Å². The van der Waals surface area contributed by atoms with Gasteiger partial charge in [-0.2, -0.15) is 0 Å². The predicted octanol–water partition coefficient (Wildman–Crippen LogP) is 3.80. The van der Waals surface area contributed by atoms with Gasteiger partial charge in [0.25, 0.3) is 0 Å². The molecule has 0 bridgehead atoms. The fraction of sp³-hybridized carbons (Fsp3) is 0.562. The molecule has 0 fully saturated rings. The molecule has 1 aromatic rings. The Balaban J connectivity index is 2.12. The zero-order valence-corrected chi connectivity index (χ0v) is 13.0. The summed E-state index contributed by atoms with van der Waals surface area (Å²) in [4.78, 5) is 14.5. The van der Waals surface area contributed by atoms with Gasteiger partial charge in [0, 0.05) is 23.4 Å². The smallest absolute Gasteiger partial charge is 0.303 e. The van der Waals surface area contributed by atoms with Crippen molar-refractivity contribution in [2.24, 2.45) is 0 Å². The maximum absolute atomic E-state index is 10.7. The van der Waals surface area contributed by atoms with E-state index >= 15 is 0 Å². The first-order chi connectivity index (χ1) is 9.59. The third-order valence-corrected chi connectivity index (χ3v) is 4.92. The molecule has 0 saturated carbocycles. The quantitative estimate of drug-likeness (QED) is 0.866. The molecule has 1 aliphatic rings. The molecule has 110 valence electrons. The Bertz CT molecular complexity index is 462. The summed E-state index contributed by atoms with van der Waals surface area (Å²) in [6.45, 7) is 5.25. The van der Waals surface area contributed by atoms with E-state index in [1.54, 1.807) is 0 Å². The van der Waals surface area contributed by atoms with Crippen LogP contribution in [-0.2, 0) is 4.79 Å². The molecule has 20 heavy (non-hydrogen) atoms. The number of hydrogen-bond acceptors (Lipinski definition) is 3. The van der Waals surface area contributed by atoms with E-state index in [1.165, 1.54) is 10.5 Å². The standard InChI is InChI=1S/C16H23NO2S/c1-12(2)17(10-5-8-16(18)19)14-9-11-20-15-7-4-3-6-13(14)15/h3-4,6-7,12,14H,5,8-11H2,1-2H3,(H,18,19). The van der Waals surface area contributed by atoms with Crippen LogP contribution in [0.25, 0.3) is 0 Å². The summed E-state index contributed by atoms with van der Waals surface area (Å²) in [5.41, 5.74) is 1.41. The second kappa shape index (κ2) is 7.14. The second-order valence-corrected chi connectivity index (χ2v) is 6.66. The lowest BCUT2D eigenvalue weighted by atomic mass is 10.00. The Morgan fingerprint density at radius 2 is 2.20 bits per heavy atom. The van der Waals surface area contributed by atoms with Gasteiger partial charge in [-0.25, -0.2) is 0 Å². The van der Waals surface area contributed by atoms with Crippen LogP contribution < -0.4 is 0 Å². The molecule has 1 atom stereocenters. The Morgan fingerprint density at radius 1 is 1.45 bits per heavy atom. The van der Waals surface area contributed by atoms with Crippen molar-refractivity contribution in [2.45, 2.75) is 50.1 Å².